The molecule has 4 aliphatic carbocycles. The zero-order valence-electron chi connectivity index (χ0n) is 21.2. The van der Waals surface area contributed by atoms with E-state index in [-0.39, 0.29) is 71.0 Å². The normalized spacial score (nSPS) is 47.6. The molecule has 4 saturated carbocycles. The number of rotatable bonds is 6. The molecule has 5 N–H and O–H groups in total. The van der Waals surface area contributed by atoms with Gasteiger partial charge in [0, 0.05) is 5.92 Å². The number of amides is 1. The van der Waals surface area contributed by atoms with Crippen LogP contribution in [0.1, 0.15) is 79.1 Å². The summed E-state index contributed by atoms with van der Waals surface area (Å²) in [4.78, 5) is 23.2. The van der Waals surface area contributed by atoms with E-state index in [1.165, 1.54) is 0 Å². The predicted octanol–water partition coefficient (Wildman–Crippen LogP) is 2.81. The predicted molar refractivity (Wildman–Crippen MR) is 128 cm³/mol. The van der Waals surface area contributed by atoms with Gasteiger partial charge in [0.05, 0.1) is 18.3 Å². The molecule has 0 aromatic rings. The number of carboxylic acids is 1. The average molecular weight is 480 g/mol. The van der Waals surface area contributed by atoms with Crippen molar-refractivity contribution in [2.75, 3.05) is 6.54 Å². The lowest BCUT2D eigenvalue weighted by atomic mass is 9.43. The minimum Gasteiger partial charge on any atom is -0.480 e. The van der Waals surface area contributed by atoms with Gasteiger partial charge in [-0.1, -0.05) is 27.7 Å². The Morgan fingerprint density at radius 1 is 1.00 bits per heavy atom. The number of aliphatic carboxylic acids is 1. The molecule has 4 fully saturated rings. The summed E-state index contributed by atoms with van der Waals surface area (Å²) in [6.07, 6.45) is 5.51. The first-order valence-electron chi connectivity index (χ1n) is 13.4. The lowest BCUT2D eigenvalue weighted by molar-refractivity contribution is -0.207. The molecule has 0 spiro atoms. The van der Waals surface area contributed by atoms with Crippen molar-refractivity contribution in [3.63, 3.8) is 0 Å². The fraction of sp³-hybridized carbons (Fsp3) is 0.926. The number of carbonyl (C=O) groups excluding carboxylic acids is 1. The van der Waals surface area contributed by atoms with Crippen LogP contribution in [-0.4, -0.2) is 57.2 Å². The zero-order valence-corrected chi connectivity index (χ0v) is 21.2. The monoisotopic (exact) mass is 479 g/mol. The fourth-order valence-electron chi connectivity index (χ4n) is 9.30. The SMILES string of the molecule is C[C@H](C[C@@H](C)[C@H]1CCC2C3C(C[C@H](O)[C@@]21C)[C@@]1(C)CC[C@@H](O)CC1C[C@@H]3O)C(=O)NCC(=O)O. The minimum absolute atomic E-state index is 0.0614. The molecular weight excluding hydrogens is 434 g/mol. The quantitative estimate of drug-likeness (QED) is 0.399. The van der Waals surface area contributed by atoms with Crippen LogP contribution in [0.3, 0.4) is 0 Å². The number of fused-ring (bicyclic) bond motifs is 5. The van der Waals surface area contributed by atoms with Crippen molar-refractivity contribution in [3.8, 4) is 0 Å². The lowest BCUT2D eigenvalue weighted by Gasteiger charge is -2.63. The van der Waals surface area contributed by atoms with E-state index < -0.39 is 12.1 Å². The molecule has 7 heteroatoms. The number of aliphatic hydroxyl groups excluding tert-OH is 3. The van der Waals surface area contributed by atoms with Crippen molar-refractivity contribution in [1.29, 1.82) is 0 Å². The highest BCUT2D eigenvalue weighted by Gasteiger charge is 2.65. The Labute approximate surface area is 203 Å². The summed E-state index contributed by atoms with van der Waals surface area (Å²) >= 11 is 0. The number of aliphatic hydroxyl groups is 3. The first kappa shape index (κ1) is 25.9. The standard InChI is InChI=1S/C27H45NO6/c1-14(9-15(2)25(34)28-13-23(32)33)18-5-6-19-24-20(12-22(31)27(18,19)4)26(3)8-7-17(29)10-16(26)11-21(24)30/h14-22,24,29-31H,5-13H2,1-4H3,(H,28,34)(H,32,33)/t14-,15-,16?,17-,18-,19?,20?,21+,22+,24?,26+,27-/m1/s1. The summed E-state index contributed by atoms with van der Waals surface area (Å²) in [5.74, 6) is -0.0907. The molecule has 1 amide bonds. The molecule has 4 rings (SSSR count). The maximum Gasteiger partial charge on any atom is 0.322 e. The maximum absolute atomic E-state index is 12.4. The zero-order chi connectivity index (χ0) is 25.0. The van der Waals surface area contributed by atoms with E-state index in [1.807, 2.05) is 6.92 Å². The number of nitrogens with one attached hydrogen (secondary N) is 1. The van der Waals surface area contributed by atoms with Gasteiger partial charge in [-0.25, -0.2) is 0 Å². The lowest BCUT2D eigenvalue weighted by Crippen LogP contribution is -2.62. The number of hydrogen-bond acceptors (Lipinski definition) is 5. The molecule has 0 aromatic heterocycles. The van der Waals surface area contributed by atoms with Crippen LogP contribution < -0.4 is 5.32 Å². The van der Waals surface area contributed by atoms with E-state index >= 15 is 0 Å². The molecule has 4 aliphatic rings. The second kappa shape index (κ2) is 9.36. The van der Waals surface area contributed by atoms with Gasteiger partial charge < -0.3 is 25.7 Å². The van der Waals surface area contributed by atoms with Crippen LogP contribution in [0.5, 0.6) is 0 Å². The Kier molecular flexibility index (Phi) is 7.13. The van der Waals surface area contributed by atoms with Gasteiger partial charge in [-0.2, -0.15) is 0 Å². The third kappa shape index (κ3) is 4.20. The molecule has 0 bridgehead atoms. The number of carbonyl (C=O) groups is 2. The summed E-state index contributed by atoms with van der Waals surface area (Å²) in [5.41, 5.74) is -0.234. The molecule has 194 valence electrons. The Morgan fingerprint density at radius 2 is 1.71 bits per heavy atom. The second-order valence-electron chi connectivity index (χ2n) is 12.8. The van der Waals surface area contributed by atoms with Crippen molar-refractivity contribution in [2.24, 2.45) is 52.3 Å². The topological polar surface area (TPSA) is 127 Å². The van der Waals surface area contributed by atoms with E-state index in [4.69, 9.17) is 5.11 Å². The van der Waals surface area contributed by atoms with Crippen molar-refractivity contribution >= 4 is 11.9 Å². The Hall–Kier alpha value is -1.18. The van der Waals surface area contributed by atoms with E-state index in [0.717, 1.165) is 38.5 Å². The Balaban J connectivity index is 1.51. The number of hydrogen-bond donors (Lipinski definition) is 5. The van der Waals surface area contributed by atoms with Gasteiger partial charge in [-0.05, 0) is 97.7 Å². The van der Waals surface area contributed by atoms with Gasteiger partial charge in [0.2, 0.25) is 5.91 Å². The van der Waals surface area contributed by atoms with E-state index in [9.17, 15) is 24.9 Å². The third-order valence-corrected chi connectivity index (χ3v) is 11.1. The number of carboxylic acid groups (broad SMARTS) is 1. The van der Waals surface area contributed by atoms with Crippen molar-refractivity contribution < 1.29 is 30.0 Å². The minimum atomic E-state index is -1.05. The highest BCUT2D eigenvalue weighted by Crippen LogP contribution is 2.68. The maximum atomic E-state index is 12.4. The van der Waals surface area contributed by atoms with Crippen LogP contribution in [0.25, 0.3) is 0 Å². The summed E-state index contributed by atoms with van der Waals surface area (Å²) in [7, 11) is 0. The Bertz CT molecular complexity index is 789. The third-order valence-electron chi connectivity index (χ3n) is 11.1. The van der Waals surface area contributed by atoms with Crippen molar-refractivity contribution in [1.82, 2.24) is 5.32 Å². The van der Waals surface area contributed by atoms with Crippen LogP contribution in [0.15, 0.2) is 0 Å². The summed E-state index contributed by atoms with van der Waals surface area (Å²) in [5, 5.41) is 44.6. The van der Waals surface area contributed by atoms with E-state index in [2.05, 4.69) is 26.1 Å². The van der Waals surface area contributed by atoms with Gasteiger partial charge in [-0.15, -0.1) is 0 Å². The molecule has 0 heterocycles. The van der Waals surface area contributed by atoms with E-state index in [0.29, 0.717) is 18.8 Å². The summed E-state index contributed by atoms with van der Waals surface area (Å²) in [6.45, 7) is 8.20. The molecule has 0 aliphatic heterocycles. The smallest absolute Gasteiger partial charge is 0.322 e. The molecule has 34 heavy (non-hydrogen) atoms. The highest BCUT2D eigenvalue weighted by atomic mass is 16.4. The molecule has 0 radical (unpaired) electrons. The molecule has 0 aromatic carbocycles. The first-order chi connectivity index (χ1) is 15.9. The van der Waals surface area contributed by atoms with E-state index in [1.54, 1.807) is 0 Å². The van der Waals surface area contributed by atoms with Gasteiger partial charge in [0.15, 0.2) is 0 Å². The van der Waals surface area contributed by atoms with Gasteiger partial charge >= 0.3 is 5.97 Å². The molecule has 0 saturated heterocycles. The van der Waals surface area contributed by atoms with Gasteiger partial charge in [-0.3, -0.25) is 9.59 Å². The second-order valence-corrected chi connectivity index (χ2v) is 12.8. The van der Waals surface area contributed by atoms with Crippen LogP contribution in [0, 0.1) is 52.3 Å². The van der Waals surface area contributed by atoms with Crippen molar-refractivity contribution in [3.05, 3.63) is 0 Å². The first-order valence-corrected chi connectivity index (χ1v) is 13.4. The van der Waals surface area contributed by atoms with Gasteiger partial charge in [0.25, 0.3) is 0 Å². The summed E-state index contributed by atoms with van der Waals surface area (Å²) in [6, 6.07) is 0. The van der Waals surface area contributed by atoms with Crippen LogP contribution in [0.2, 0.25) is 0 Å². The van der Waals surface area contributed by atoms with Crippen molar-refractivity contribution in [2.45, 2.75) is 97.4 Å². The molecule has 4 unspecified atom stereocenters. The fourth-order valence-corrected chi connectivity index (χ4v) is 9.30. The largest absolute Gasteiger partial charge is 0.480 e. The molecule has 12 atom stereocenters. The summed E-state index contributed by atoms with van der Waals surface area (Å²) < 4.78 is 0. The molecular formula is C27H45NO6. The average Bonchev–Trinajstić information content (AvgIpc) is 3.12. The van der Waals surface area contributed by atoms with Crippen LogP contribution in [-0.2, 0) is 9.59 Å². The van der Waals surface area contributed by atoms with Crippen LogP contribution >= 0.6 is 0 Å². The molecule has 7 nitrogen and oxygen atoms in total. The Morgan fingerprint density at radius 3 is 2.38 bits per heavy atom. The highest BCUT2D eigenvalue weighted by molar-refractivity contribution is 5.82. The van der Waals surface area contributed by atoms with Gasteiger partial charge in [0.1, 0.15) is 6.54 Å². The van der Waals surface area contributed by atoms with Crippen LogP contribution in [0.4, 0.5) is 0 Å².